The van der Waals surface area contributed by atoms with Crippen LogP contribution in [0.25, 0.3) is 0 Å². The molecule has 4 fully saturated rings. The molecule has 1 N–H and O–H groups in total. The van der Waals surface area contributed by atoms with Gasteiger partial charge in [-0.05, 0) is 80.2 Å². The van der Waals surface area contributed by atoms with Crippen LogP contribution in [-0.4, -0.2) is 6.04 Å². The zero-order valence-electron chi connectivity index (χ0n) is 14.2. The molecule has 1 nitrogen and oxygen atoms in total. The molecule has 0 amide bonds. The number of hydrogen-bond donors (Lipinski definition) is 1. The largest absolute Gasteiger partial charge is 0.416 e. The second-order valence-corrected chi connectivity index (χ2v) is 8.54. The monoisotopic (exact) mass is 337 g/mol. The lowest BCUT2D eigenvalue weighted by molar-refractivity contribution is -0.138. The van der Waals surface area contributed by atoms with Gasteiger partial charge in [0.1, 0.15) is 0 Å². The van der Waals surface area contributed by atoms with Crippen molar-refractivity contribution >= 4 is 0 Å². The van der Waals surface area contributed by atoms with E-state index in [-0.39, 0.29) is 6.04 Å². The van der Waals surface area contributed by atoms with Crippen LogP contribution in [0.2, 0.25) is 0 Å². The first-order valence-electron chi connectivity index (χ1n) is 9.24. The lowest BCUT2D eigenvalue weighted by Gasteiger charge is -2.59. The van der Waals surface area contributed by atoms with Crippen LogP contribution in [0.1, 0.15) is 56.6 Å². The van der Waals surface area contributed by atoms with Crippen molar-refractivity contribution < 1.29 is 13.2 Å². The van der Waals surface area contributed by atoms with Gasteiger partial charge in [-0.1, -0.05) is 18.2 Å². The van der Waals surface area contributed by atoms with E-state index in [4.69, 9.17) is 0 Å². The summed E-state index contributed by atoms with van der Waals surface area (Å²) in [7, 11) is 0. The summed E-state index contributed by atoms with van der Waals surface area (Å²) >= 11 is 0. The first-order chi connectivity index (χ1) is 11.4. The molecule has 5 rings (SSSR count). The molecule has 1 atom stereocenters. The topological polar surface area (TPSA) is 12.0 Å². The van der Waals surface area contributed by atoms with Gasteiger partial charge in [-0.15, -0.1) is 0 Å². The summed E-state index contributed by atoms with van der Waals surface area (Å²) in [5, 5.41) is 3.47. The minimum Gasteiger partial charge on any atom is -0.310 e. The molecule has 0 spiro atoms. The number of rotatable bonds is 4. The van der Waals surface area contributed by atoms with Crippen LogP contribution < -0.4 is 5.32 Å². The predicted octanol–water partition coefficient (Wildman–Crippen LogP) is 5.40. The van der Waals surface area contributed by atoms with E-state index in [1.165, 1.54) is 50.7 Å². The molecule has 0 unspecified atom stereocenters. The highest BCUT2D eigenvalue weighted by Crippen LogP contribution is 2.61. The summed E-state index contributed by atoms with van der Waals surface area (Å²) in [6, 6.07) is 6.23. The van der Waals surface area contributed by atoms with Crippen molar-refractivity contribution in [2.45, 2.75) is 64.2 Å². The van der Waals surface area contributed by atoms with E-state index in [0.29, 0.717) is 17.5 Å². The average molecular weight is 337 g/mol. The van der Waals surface area contributed by atoms with Gasteiger partial charge >= 0.3 is 6.18 Å². The van der Waals surface area contributed by atoms with Crippen molar-refractivity contribution in [3.63, 3.8) is 0 Å². The highest BCUT2D eigenvalue weighted by Gasteiger charge is 2.52. The molecule has 0 radical (unpaired) electrons. The predicted molar refractivity (Wildman–Crippen MR) is 88.4 cm³/mol. The molecule has 1 aromatic carbocycles. The highest BCUT2D eigenvalue weighted by molar-refractivity contribution is 5.29. The fourth-order valence-electron chi connectivity index (χ4n) is 6.14. The molecule has 4 bridgehead atoms. The molecule has 24 heavy (non-hydrogen) atoms. The van der Waals surface area contributed by atoms with Crippen LogP contribution in [0.4, 0.5) is 13.2 Å². The summed E-state index contributed by atoms with van der Waals surface area (Å²) in [6.07, 6.45) is 3.72. The van der Waals surface area contributed by atoms with Gasteiger partial charge in [0.05, 0.1) is 5.56 Å². The molecule has 132 valence electrons. The molecular weight excluding hydrogens is 311 g/mol. The van der Waals surface area contributed by atoms with Crippen LogP contribution in [-0.2, 0) is 12.7 Å². The lowest BCUT2D eigenvalue weighted by Crippen LogP contribution is -2.54. The lowest BCUT2D eigenvalue weighted by atomic mass is 9.48. The van der Waals surface area contributed by atoms with Gasteiger partial charge in [-0.3, -0.25) is 0 Å². The fraction of sp³-hybridized carbons (Fsp3) is 0.700. The number of alkyl halides is 3. The standard InChI is InChI=1S/C20H26F3N/c1-13(19-9-14-6-15(10-19)8-16(7-14)11-19)24-12-17-4-2-3-5-18(17)20(21,22)23/h2-5,13-16,24H,6-12H2,1H3/t13-,14?,15?,16?,19?/m1/s1. The highest BCUT2D eigenvalue weighted by atomic mass is 19.4. The second kappa shape index (κ2) is 5.76. The van der Waals surface area contributed by atoms with E-state index < -0.39 is 11.7 Å². The van der Waals surface area contributed by atoms with E-state index in [2.05, 4.69) is 12.2 Å². The van der Waals surface area contributed by atoms with Crippen molar-refractivity contribution in [2.24, 2.45) is 23.2 Å². The summed E-state index contributed by atoms with van der Waals surface area (Å²) in [4.78, 5) is 0. The Labute approximate surface area is 142 Å². The van der Waals surface area contributed by atoms with E-state index in [1.54, 1.807) is 12.1 Å². The fourth-order valence-corrected chi connectivity index (χ4v) is 6.14. The third-order valence-electron chi connectivity index (χ3n) is 6.93. The molecule has 4 saturated carbocycles. The molecular formula is C20H26F3N. The first-order valence-corrected chi connectivity index (χ1v) is 9.24. The Morgan fingerprint density at radius 2 is 1.58 bits per heavy atom. The maximum atomic E-state index is 13.2. The maximum absolute atomic E-state index is 13.2. The van der Waals surface area contributed by atoms with Crippen LogP contribution in [0.15, 0.2) is 24.3 Å². The van der Waals surface area contributed by atoms with Crippen molar-refractivity contribution in [2.75, 3.05) is 0 Å². The number of hydrogen-bond acceptors (Lipinski definition) is 1. The van der Waals surface area contributed by atoms with Crippen LogP contribution in [0.3, 0.4) is 0 Å². The van der Waals surface area contributed by atoms with Crippen molar-refractivity contribution in [3.8, 4) is 0 Å². The normalized spacial score (nSPS) is 36.1. The van der Waals surface area contributed by atoms with Gasteiger partial charge < -0.3 is 5.32 Å². The Morgan fingerprint density at radius 3 is 2.12 bits per heavy atom. The summed E-state index contributed by atoms with van der Waals surface area (Å²) in [6.45, 7) is 2.50. The minimum atomic E-state index is -4.28. The Kier molecular flexibility index (Phi) is 3.94. The Bertz CT molecular complexity index is 572. The first kappa shape index (κ1) is 16.4. The third kappa shape index (κ3) is 2.87. The molecule has 4 aliphatic rings. The van der Waals surface area contributed by atoms with Crippen molar-refractivity contribution in [1.82, 2.24) is 5.32 Å². The quantitative estimate of drug-likeness (QED) is 0.776. The van der Waals surface area contributed by atoms with Gasteiger partial charge in [0.25, 0.3) is 0 Å². The molecule has 0 aromatic heterocycles. The third-order valence-corrected chi connectivity index (χ3v) is 6.93. The summed E-state index contributed by atoms with van der Waals surface area (Å²) in [5.41, 5.74) is 0.179. The van der Waals surface area contributed by atoms with E-state index in [9.17, 15) is 13.2 Å². The molecule has 0 saturated heterocycles. The van der Waals surface area contributed by atoms with Crippen LogP contribution >= 0.6 is 0 Å². The Morgan fingerprint density at radius 1 is 1.04 bits per heavy atom. The number of benzene rings is 1. The Hall–Kier alpha value is -1.03. The molecule has 4 heteroatoms. The van der Waals surface area contributed by atoms with Gasteiger partial charge in [-0.2, -0.15) is 13.2 Å². The van der Waals surface area contributed by atoms with E-state index >= 15 is 0 Å². The van der Waals surface area contributed by atoms with Gasteiger partial charge in [0, 0.05) is 12.6 Å². The number of nitrogens with one attached hydrogen (secondary N) is 1. The SMILES string of the molecule is C[C@@H](NCc1ccccc1C(F)(F)F)C12CC3CC(CC(C3)C1)C2. The van der Waals surface area contributed by atoms with Crippen molar-refractivity contribution in [3.05, 3.63) is 35.4 Å². The van der Waals surface area contributed by atoms with Crippen LogP contribution in [0, 0.1) is 23.2 Å². The molecule has 4 aliphatic carbocycles. The molecule has 0 heterocycles. The maximum Gasteiger partial charge on any atom is 0.416 e. The van der Waals surface area contributed by atoms with Gasteiger partial charge in [-0.25, -0.2) is 0 Å². The zero-order chi connectivity index (χ0) is 16.9. The van der Waals surface area contributed by atoms with Crippen molar-refractivity contribution in [1.29, 1.82) is 0 Å². The summed E-state index contributed by atoms with van der Waals surface area (Å²) < 4.78 is 39.5. The zero-order valence-corrected chi connectivity index (χ0v) is 14.2. The Balaban J connectivity index is 1.47. The molecule has 0 aliphatic heterocycles. The number of halogens is 3. The summed E-state index contributed by atoms with van der Waals surface area (Å²) in [5.74, 6) is 2.59. The molecule has 1 aromatic rings. The minimum absolute atomic E-state index is 0.284. The second-order valence-electron chi connectivity index (χ2n) is 8.54. The van der Waals surface area contributed by atoms with Gasteiger partial charge in [0.2, 0.25) is 0 Å². The van der Waals surface area contributed by atoms with Crippen LogP contribution in [0.5, 0.6) is 0 Å². The smallest absolute Gasteiger partial charge is 0.310 e. The van der Waals surface area contributed by atoms with E-state index in [1.807, 2.05) is 0 Å². The van der Waals surface area contributed by atoms with Gasteiger partial charge in [0.15, 0.2) is 0 Å². The average Bonchev–Trinajstić information content (AvgIpc) is 2.50. The van der Waals surface area contributed by atoms with E-state index in [0.717, 1.165) is 17.8 Å².